The van der Waals surface area contributed by atoms with Crippen molar-refractivity contribution in [1.82, 2.24) is 0 Å². The Balaban J connectivity index is 1.73. The maximum Gasteiger partial charge on any atom is 0.306 e. The van der Waals surface area contributed by atoms with Crippen LogP contribution in [0, 0.1) is 6.92 Å². The second kappa shape index (κ2) is 10.3. The molecule has 0 unspecified atom stereocenters. The highest BCUT2D eigenvalue weighted by atomic mass is 35.5. The monoisotopic (exact) mass is 442 g/mol. The summed E-state index contributed by atoms with van der Waals surface area (Å²) < 4.78 is 4.88. The zero-order valence-electron chi connectivity index (χ0n) is 14.9. The maximum atomic E-state index is 11.9. The summed E-state index contributed by atoms with van der Waals surface area (Å²) in [6.45, 7) is 1.30. The van der Waals surface area contributed by atoms with Crippen LogP contribution in [0.5, 0.6) is 0 Å². The molecule has 148 valence electrons. The lowest BCUT2D eigenvalue weighted by molar-refractivity contribution is -0.147. The van der Waals surface area contributed by atoms with E-state index in [9.17, 15) is 14.4 Å². The molecule has 9 heteroatoms. The summed E-state index contributed by atoms with van der Waals surface area (Å²) in [7, 11) is 0. The minimum absolute atomic E-state index is 0.103. The first-order valence-electron chi connectivity index (χ1n) is 8.21. The second-order valence-corrected chi connectivity index (χ2v) is 7.02. The molecule has 2 amide bonds. The van der Waals surface area contributed by atoms with Gasteiger partial charge < -0.3 is 15.4 Å². The van der Waals surface area contributed by atoms with Gasteiger partial charge >= 0.3 is 5.97 Å². The predicted octanol–water partition coefficient (Wildman–Crippen LogP) is 4.86. The van der Waals surface area contributed by atoms with Gasteiger partial charge in [0.25, 0.3) is 5.91 Å². The van der Waals surface area contributed by atoms with Crippen LogP contribution < -0.4 is 10.6 Å². The summed E-state index contributed by atoms with van der Waals surface area (Å²) in [5.41, 5.74) is 1.71. The van der Waals surface area contributed by atoms with Gasteiger partial charge in [-0.2, -0.15) is 0 Å². The number of esters is 1. The Hall–Kier alpha value is -2.28. The fourth-order valence-corrected chi connectivity index (χ4v) is 2.63. The smallest absolute Gasteiger partial charge is 0.306 e. The van der Waals surface area contributed by atoms with Gasteiger partial charge in [0.2, 0.25) is 5.91 Å². The summed E-state index contributed by atoms with van der Waals surface area (Å²) in [5.74, 6) is -1.56. The van der Waals surface area contributed by atoms with Gasteiger partial charge in [0.05, 0.1) is 16.5 Å². The normalized spacial score (nSPS) is 10.3. The van der Waals surface area contributed by atoms with Crippen LogP contribution in [0.1, 0.15) is 18.4 Å². The lowest BCUT2D eigenvalue weighted by Gasteiger charge is -2.10. The summed E-state index contributed by atoms with van der Waals surface area (Å²) in [6, 6.07) is 9.73. The van der Waals surface area contributed by atoms with Gasteiger partial charge in [-0.25, -0.2) is 0 Å². The van der Waals surface area contributed by atoms with Gasteiger partial charge in [0.15, 0.2) is 6.61 Å². The molecule has 28 heavy (non-hydrogen) atoms. The third kappa shape index (κ3) is 6.71. The molecule has 6 nitrogen and oxygen atoms in total. The summed E-state index contributed by atoms with van der Waals surface area (Å²) in [5, 5.41) is 6.40. The number of anilines is 2. The van der Waals surface area contributed by atoms with Crippen molar-refractivity contribution in [3.63, 3.8) is 0 Å². The van der Waals surface area contributed by atoms with E-state index < -0.39 is 24.4 Å². The van der Waals surface area contributed by atoms with Gasteiger partial charge in [0, 0.05) is 22.8 Å². The number of rotatable bonds is 7. The number of ether oxygens (including phenoxy) is 1. The van der Waals surface area contributed by atoms with Crippen LogP contribution in [0.15, 0.2) is 36.4 Å². The van der Waals surface area contributed by atoms with Crippen molar-refractivity contribution in [3.8, 4) is 0 Å². The molecule has 2 aromatic carbocycles. The van der Waals surface area contributed by atoms with E-state index in [4.69, 9.17) is 39.5 Å². The third-order valence-electron chi connectivity index (χ3n) is 3.67. The Bertz CT molecular complexity index is 903. The molecule has 0 spiro atoms. The summed E-state index contributed by atoms with van der Waals surface area (Å²) >= 11 is 17.7. The average Bonchev–Trinajstić information content (AvgIpc) is 2.65. The molecule has 0 aliphatic rings. The highest BCUT2D eigenvalue weighted by Gasteiger charge is 2.12. The minimum Gasteiger partial charge on any atom is -0.456 e. The summed E-state index contributed by atoms with van der Waals surface area (Å²) in [4.78, 5) is 35.5. The quantitative estimate of drug-likeness (QED) is 0.599. The molecule has 2 aromatic rings. The number of nitrogens with one attached hydrogen (secondary N) is 2. The number of amides is 2. The summed E-state index contributed by atoms with van der Waals surface area (Å²) in [6.07, 6.45) is -0.273. The third-order valence-corrected chi connectivity index (χ3v) is 4.81. The van der Waals surface area contributed by atoms with Crippen molar-refractivity contribution in [2.24, 2.45) is 0 Å². The second-order valence-electron chi connectivity index (χ2n) is 5.80. The van der Waals surface area contributed by atoms with Crippen LogP contribution >= 0.6 is 34.8 Å². The maximum absolute atomic E-state index is 11.9. The first-order valence-corrected chi connectivity index (χ1v) is 9.35. The van der Waals surface area contributed by atoms with Crippen molar-refractivity contribution in [1.29, 1.82) is 0 Å². The Morgan fingerprint density at radius 2 is 1.64 bits per heavy atom. The SMILES string of the molecule is Cc1c(Cl)cccc1NC(=O)COC(=O)CCC(=O)Nc1ccc(Cl)c(Cl)c1. The lowest BCUT2D eigenvalue weighted by Crippen LogP contribution is -2.22. The van der Waals surface area contributed by atoms with E-state index in [1.165, 1.54) is 6.07 Å². The van der Waals surface area contributed by atoms with Gasteiger partial charge in [-0.15, -0.1) is 0 Å². The number of benzene rings is 2. The van der Waals surface area contributed by atoms with E-state index in [2.05, 4.69) is 10.6 Å². The molecule has 0 aromatic heterocycles. The van der Waals surface area contributed by atoms with Crippen molar-refractivity contribution in [3.05, 3.63) is 57.0 Å². The topological polar surface area (TPSA) is 84.5 Å². The molecule has 0 radical (unpaired) electrons. The van der Waals surface area contributed by atoms with Crippen molar-refractivity contribution < 1.29 is 19.1 Å². The highest BCUT2D eigenvalue weighted by Crippen LogP contribution is 2.25. The molecule has 2 rings (SSSR count). The van der Waals surface area contributed by atoms with Crippen LogP contribution in [0.25, 0.3) is 0 Å². The van der Waals surface area contributed by atoms with E-state index in [1.807, 2.05) is 0 Å². The molecule has 0 bridgehead atoms. The zero-order chi connectivity index (χ0) is 20.7. The first kappa shape index (κ1) is 22.0. The van der Waals surface area contributed by atoms with Gasteiger partial charge in [-0.3, -0.25) is 14.4 Å². The largest absolute Gasteiger partial charge is 0.456 e. The fraction of sp³-hybridized carbons (Fsp3) is 0.211. The van der Waals surface area contributed by atoms with Crippen molar-refractivity contribution >= 4 is 64.0 Å². The number of hydrogen-bond acceptors (Lipinski definition) is 4. The zero-order valence-corrected chi connectivity index (χ0v) is 17.1. The number of hydrogen-bond donors (Lipinski definition) is 2. The fourth-order valence-electron chi connectivity index (χ4n) is 2.16. The minimum atomic E-state index is -0.665. The van der Waals surface area contributed by atoms with Gasteiger partial charge in [-0.05, 0) is 42.8 Å². The average molecular weight is 444 g/mol. The van der Waals surface area contributed by atoms with Crippen molar-refractivity contribution in [2.45, 2.75) is 19.8 Å². The number of carbonyl (C=O) groups is 3. The van der Waals surface area contributed by atoms with E-state index in [-0.39, 0.29) is 12.8 Å². The van der Waals surface area contributed by atoms with E-state index in [1.54, 1.807) is 37.3 Å². The van der Waals surface area contributed by atoms with Crippen LogP contribution in [0.4, 0.5) is 11.4 Å². The standard InChI is InChI=1S/C19H17Cl3N2O4/c1-11-13(20)3-2-4-16(11)24-18(26)10-28-19(27)8-7-17(25)23-12-5-6-14(21)15(22)9-12/h2-6,9H,7-8,10H2,1H3,(H,23,25)(H,24,26). The van der Waals surface area contributed by atoms with E-state index in [0.29, 0.717) is 32.0 Å². The lowest BCUT2D eigenvalue weighted by atomic mass is 10.2. The van der Waals surface area contributed by atoms with E-state index in [0.717, 1.165) is 0 Å². The van der Waals surface area contributed by atoms with Gasteiger partial charge in [-0.1, -0.05) is 40.9 Å². The molecule has 0 heterocycles. The molecule has 0 fully saturated rings. The van der Waals surface area contributed by atoms with Crippen LogP contribution in [0.3, 0.4) is 0 Å². The van der Waals surface area contributed by atoms with Crippen LogP contribution in [-0.2, 0) is 19.1 Å². The first-order chi connectivity index (χ1) is 13.3. The molecule has 0 saturated carbocycles. The van der Waals surface area contributed by atoms with Crippen LogP contribution in [0.2, 0.25) is 15.1 Å². The van der Waals surface area contributed by atoms with Gasteiger partial charge in [0.1, 0.15) is 0 Å². The molecule has 0 aliphatic carbocycles. The molecular weight excluding hydrogens is 427 g/mol. The Kier molecular flexibility index (Phi) is 8.11. The highest BCUT2D eigenvalue weighted by molar-refractivity contribution is 6.42. The predicted molar refractivity (Wildman–Crippen MR) is 110 cm³/mol. The van der Waals surface area contributed by atoms with Crippen molar-refractivity contribution in [2.75, 3.05) is 17.2 Å². The molecule has 2 N–H and O–H groups in total. The van der Waals surface area contributed by atoms with E-state index >= 15 is 0 Å². The molecule has 0 saturated heterocycles. The number of carbonyl (C=O) groups excluding carboxylic acids is 3. The Morgan fingerprint density at radius 1 is 0.893 bits per heavy atom. The molecular formula is C19H17Cl3N2O4. The number of halogens is 3. The Labute approximate surface area is 177 Å². The molecule has 0 atom stereocenters. The molecule has 0 aliphatic heterocycles. The van der Waals surface area contributed by atoms with Crippen LogP contribution in [-0.4, -0.2) is 24.4 Å². The Morgan fingerprint density at radius 3 is 2.36 bits per heavy atom.